The van der Waals surface area contributed by atoms with Crippen LogP contribution >= 0.6 is 11.8 Å². The largest absolute Gasteiger partial charge is 0.461 e. The Balaban J connectivity index is 3.96. The molecule has 0 N–H and O–H groups in total. The summed E-state index contributed by atoms with van der Waals surface area (Å²) in [5.74, 6) is 0.211. The van der Waals surface area contributed by atoms with Crippen LogP contribution in [-0.4, -0.2) is 54.1 Å². The van der Waals surface area contributed by atoms with E-state index in [-0.39, 0.29) is 30.0 Å². The van der Waals surface area contributed by atoms with E-state index in [4.69, 9.17) is 9.47 Å². The SMILES string of the molecule is CCCCCCCCCC/C=C/COC(=O)CCCN(CCCC(=O)OC/C=C/CCCCCCCCCC)C(=O)SCC. The van der Waals surface area contributed by atoms with Crippen molar-refractivity contribution in [3.63, 3.8) is 0 Å². The summed E-state index contributed by atoms with van der Waals surface area (Å²) in [7, 11) is 0. The van der Waals surface area contributed by atoms with Crippen molar-refractivity contribution < 1.29 is 23.9 Å². The molecule has 0 saturated heterocycles. The lowest BCUT2D eigenvalue weighted by Crippen LogP contribution is -2.30. The number of hydrogen-bond acceptors (Lipinski definition) is 6. The molecule has 44 heavy (non-hydrogen) atoms. The molecular weight excluding hydrogens is 570 g/mol. The molecule has 0 rings (SSSR count). The first-order chi connectivity index (χ1) is 21.5. The number of thioether (sulfide) groups is 1. The van der Waals surface area contributed by atoms with Crippen LogP contribution in [0.2, 0.25) is 0 Å². The van der Waals surface area contributed by atoms with Gasteiger partial charge < -0.3 is 14.4 Å². The summed E-state index contributed by atoms with van der Waals surface area (Å²) in [6.07, 6.45) is 32.7. The number of unbranched alkanes of at least 4 members (excludes halogenated alkanes) is 16. The van der Waals surface area contributed by atoms with Crippen molar-refractivity contribution >= 4 is 28.9 Å². The highest BCUT2D eigenvalue weighted by Crippen LogP contribution is 2.13. The van der Waals surface area contributed by atoms with Gasteiger partial charge in [-0.2, -0.15) is 0 Å². The zero-order valence-corrected chi connectivity index (χ0v) is 29.6. The third-order valence-corrected chi connectivity index (χ3v) is 8.40. The average Bonchev–Trinajstić information content (AvgIpc) is 3.01. The predicted molar refractivity (Wildman–Crippen MR) is 188 cm³/mol. The Morgan fingerprint density at radius 2 is 0.909 bits per heavy atom. The maximum Gasteiger partial charge on any atom is 0.306 e. The first-order valence-electron chi connectivity index (χ1n) is 18.1. The molecule has 256 valence electrons. The minimum atomic E-state index is -0.240. The van der Waals surface area contributed by atoms with Gasteiger partial charge in [-0.05, 0) is 44.3 Å². The zero-order valence-electron chi connectivity index (χ0n) is 28.8. The van der Waals surface area contributed by atoms with Crippen LogP contribution < -0.4 is 0 Å². The van der Waals surface area contributed by atoms with E-state index in [1.807, 2.05) is 19.1 Å². The minimum absolute atomic E-state index is 0.0120. The van der Waals surface area contributed by atoms with E-state index in [1.54, 1.807) is 4.90 Å². The highest BCUT2D eigenvalue weighted by molar-refractivity contribution is 8.13. The Labute approximate surface area is 275 Å². The molecule has 0 aromatic heterocycles. The van der Waals surface area contributed by atoms with Gasteiger partial charge in [0.15, 0.2) is 0 Å². The number of carbonyl (C=O) groups is 3. The lowest BCUT2D eigenvalue weighted by Gasteiger charge is -2.21. The molecule has 0 aliphatic rings. The number of carbonyl (C=O) groups excluding carboxylic acids is 3. The molecule has 0 bridgehead atoms. The smallest absolute Gasteiger partial charge is 0.306 e. The standard InChI is InChI=1S/C37H67NO5S/c1-4-7-9-11-13-15-17-19-21-23-25-33-42-35(39)29-27-31-38(37(41)44-6-3)32-28-30-36(40)43-34-26-24-22-20-18-16-14-12-10-8-5-2/h23-26H,4-22,27-34H2,1-3H3/b25-23+,26-24+. The summed E-state index contributed by atoms with van der Waals surface area (Å²) in [6, 6.07) is 0. The van der Waals surface area contributed by atoms with Crippen molar-refractivity contribution in [1.29, 1.82) is 0 Å². The fourth-order valence-corrected chi connectivity index (χ4v) is 5.54. The van der Waals surface area contributed by atoms with Gasteiger partial charge in [-0.15, -0.1) is 0 Å². The number of ether oxygens (including phenoxy) is 2. The molecule has 7 heteroatoms. The summed E-state index contributed by atoms with van der Waals surface area (Å²) in [6.45, 7) is 8.01. The Kier molecular flexibility index (Phi) is 32.8. The molecule has 0 aromatic rings. The highest BCUT2D eigenvalue weighted by atomic mass is 32.2. The number of allylic oxidation sites excluding steroid dienone is 2. The second kappa shape index (κ2) is 34.1. The van der Waals surface area contributed by atoms with Gasteiger partial charge in [0.1, 0.15) is 13.2 Å². The van der Waals surface area contributed by atoms with Crippen molar-refractivity contribution in [2.24, 2.45) is 0 Å². The first kappa shape index (κ1) is 42.2. The van der Waals surface area contributed by atoms with Gasteiger partial charge >= 0.3 is 11.9 Å². The van der Waals surface area contributed by atoms with E-state index in [1.165, 1.54) is 114 Å². The van der Waals surface area contributed by atoms with E-state index in [9.17, 15) is 14.4 Å². The predicted octanol–water partition coefficient (Wildman–Crippen LogP) is 11.0. The van der Waals surface area contributed by atoms with Crippen LogP contribution in [0, 0.1) is 0 Å². The third kappa shape index (κ3) is 30.3. The van der Waals surface area contributed by atoms with Crippen LogP contribution in [0.3, 0.4) is 0 Å². The monoisotopic (exact) mass is 637 g/mol. The number of esters is 2. The average molecular weight is 638 g/mol. The lowest BCUT2D eigenvalue weighted by atomic mass is 10.1. The molecule has 0 unspecified atom stereocenters. The fourth-order valence-electron chi connectivity index (χ4n) is 4.93. The highest BCUT2D eigenvalue weighted by Gasteiger charge is 2.15. The molecule has 0 atom stereocenters. The number of nitrogens with zero attached hydrogens (tertiary/aromatic N) is 1. The number of hydrogen-bond donors (Lipinski definition) is 0. The van der Waals surface area contributed by atoms with E-state index in [2.05, 4.69) is 26.0 Å². The number of amides is 1. The maximum atomic E-state index is 12.5. The van der Waals surface area contributed by atoms with Crippen molar-refractivity contribution in [2.75, 3.05) is 32.1 Å². The number of rotatable bonds is 31. The second-order valence-corrected chi connectivity index (χ2v) is 12.9. The third-order valence-electron chi connectivity index (χ3n) is 7.61. The van der Waals surface area contributed by atoms with Crippen LogP contribution in [0.4, 0.5) is 4.79 Å². The quantitative estimate of drug-likeness (QED) is 0.0428. The van der Waals surface area contributed by atoms with E-state index in [0.717, 1.165) is 12.8 Å². The van der Waals surface area contributed by atoms with Gasteiger partial charge in [0, 0.05) is 25.9 Å². The molecule has 0 radical (unpaired) electrons. The topological polar surface area (TPSA) is 72.9 Å². The van der Waals surface area contributed by atoms with E-state index < -0.39 is 0 Å². The fraction of sp³-hybridized carbons (Fsp3) is 0.811. The molecule has 0 aliphatic heterocycles. The van der Waals surface area contributed by atoms with Gasteiger partial charge in [-0.25, -0.2) is 0 Å². The summed E-state index contributed by atoms with van der Waals surface area (Å²) < 4.78 is 10.6. The Bertz CT molecular complexity index is 687. The van der Waals surface area contributed by atoms with Crippen LogP contribution in [0.15, 0.2) is 24.3 Å². The van der Waals surface area contributed by atoms with Crippen molar-refractivity contribution in [2.45, 2.75) is 162 Å². The normalized spacial score (nSPS) is 11.4. The Morgan fingerprint density at radius 3 is 1.30 bits per heavy atom. The first-order valence-corrected chi connectivity index (χ1v) is 19.1. The summed E-state index contributed by atoms with van der Waals surface area (Å²) in [5.41, 5.74) is 0. The van der Waals surface area contributed by atoms with Gasteiger partial charge in [0.05, 0.1) is 0 Å². The molecular formula is C37H67NO5S. The van der Waals surface area contributed by atoms with Gasteiger partial charge in [0.2, 0.25) is 0 Å². The molecule has 0 fully saturated rings. The van der Waals surface area contributed by atoms with Crippen molar-refractivity contribution in [1.82, 2.24) is 4.90 Å². The zero-order chi connectivity index (χ0) is 32.4. The van der Waals surface area contributed by atoms with Crippen molar-refractivity contribution in [3.05, 3.63) is 24.3 Å². The van der Waals surface area contributed by atoms with Gasteiger partial charge in [-0.3, -0.25) is 14.4 Å². The Morgan fingerprint density at radius 1 is 0.523 bits per heavy atom. The van der Waals surface area contributed by atoms with Crippen molar-refractivity contribution in [3.8, 4) is 0 Å². The van der Waals surface area contributed by atoms with E-state index in [0.29, 0.717) is 44.9 Å². The van der Waals surface area contributed by atoms with Crippen LogP contribution in [-0.2, 0) is 19.1 Å². The molecule has 0 heterocycles. The maximum absolute atomic E-state index is 12.5. The molecule has 6 nitrogen and oxygen atoms in total. The molecule has 1 amide bonds. The van der Waals surface area contributed by atoms with E-state index >= 15 is 0 Å². The van der Waals surface area contributed by atoms with Crippen LogP contribution in [0.5, 0.6) is 0 Å². The molecule has 0 aromatic carbocycles. The van der Waals surface area contributed by atoms with Crippen LogP contribution in [0.1, 0.15) is 162 Å². The van der Waals surface area contributed by atoms with Gasteiger partial charge in [-0.1, -0.05) is 147 Å². The summed E-state index contributed by atoms with van der Waals surface area (Å²) in [4.78, 5) is 38.5. The summed E-state index contributed by atoms with van der Waals surface area (Å²) in [5, 5.41) is -0.0120. The second-order valence-electron chi connectivity index (χ2n) is 11.7. The minimum Gasteiger partial charge on any atom is -0.461 e. The molecule has 0 saturated carbocycles. The summed E-state index contributed by atoms with van der Waals surface area (Å²) >= 11 is 1.25. The van der Waals surface area contributed by atoms with Gasteiger partial charge in [0.25, 0.3) is 5.24 Å². The molecule has 0 spiro atoms. The lowest BCUT2D eigenvalue weighted by molar-refractivity contribution is -0.143. The molecule has 0 aliphatic carbocycles. The van der Waals surface area contributed by atoms with Crippen LogP contribution in [0.25, 0.3) is 0 Å². The Hall–Kier alpha value is -1.76.